The van der Waals surface area contributed by atoms with Crippen LogP contribution in [0.3, 0.4) is 0 Å². The molecule has 1 aliphatic rings. The molecular weight excluding hydrogens is 288 g/mol. The number of hydrogen-bond donors (Lipinski definition) is 0. The Morgan fingerprint density at radius 1 is 0.750 bits per heavy atom. The average Bonchev–Trinajstić information content (AvgIpc) is 2.63. The van der Waals surface area contributed by atoms with Crippen LogP contribution in [0.15, 0.2) is 72.8 Å². The minimum Gasteiger partial charge on any atom is -0.0763 e. The van der Waals surface area contributed by atoms with Crippen molar-refractivity contribution in [1.82, 2.24) is 0 Å². The number of rotatable bonds is 3. The summed E-state index contributed by atoms with van der Waals surface area (Å²) in [6, 6.07) is 26.6. The molecule has 0 nitrogen and oxygen atoms in total. The van der Waals surface area contributed by atoms with Crippen LogP contribution in [-0.2, 0) is 6.42 Å². The summed E-state index contributed by atoms with van der Waals surface area (Å²) in [6.45, 7) is 2.13. The molecule has 0 radical (unpaired) electrons. The van der Waals surface area contributed by atoms with E-state index < -0.39 is 0 Å². The van der Waals surface area contributed by atoms with Gasteiger partial charge in [0.25, 0.3) is 0 Å². The summed E-state index contributed by atoms with van der Waals surface area (Å²) >= 11 is 0. The largest absolute Gasteiger partial charge is 0.0763 e. The van der Waals surface area contributed by atoms with Crippen molar-refractivity contribution < 1.29 is 0 Å². The van der Waals surface area contributed by atoms with Gasteiger partial charge in [-0.25, -0.2) is 0 Å². The topological polar surface area (TPSA) is 0 Å². The number of fused-ring (bicyclic) bond motifs is 1. The zero-order valence-electron chi connectivity index (χ0n) is 14.1. The van der Waals surface area contributed by atoms with Gasteiger partial charge in [0.1, 0.15) is 0 Å². The first-order valence-corrected chi connectivity index (χ1v) is 8.73. The molecule has 0 N–H and O–H groups in total. The van der Waals surface area contributed by atoms with E-state index in [9.17, 15) is 0 Å². The highest BCUT2D eigenvalue weighted by Gasteiger charge is 2.06. The zero-order chi connectivity index (χ0) is 16.4. The van der Waals surface area contributed by atoms with Gasteiger partial charge in [0.15, 0.2) is 0 Å². The Bertz CT molecular complexity index is 958. The van der Waals surface area contributed by atoms with Gasteiger partial charge in [-0.1, -0.05) is 90.0 Å². The Balaban J connectivity index is 1.63. The van der Waals surface area contributed by atoms with Gasteiger partial charge in [-0.3, -0.25) is 0 Å². The minimum absolute atomic E-state index is 1.05. The van der Waals surface area contributed by atoms with E-state index in [0.29, 0.717) is 0 Å². The third-order valence-corrected chi connectivity index (χ3v) is 4.91. The SMILES string of the molecule is Cc1ccc(-c2ccc(CC3=c4ccccc4=CCC3)cc2)cc1. The van der Waals surface area contributed by atoms with Crippen LogP contribution in [-0.4, -0.2) is 0 Å². The molecule has 4 rings (SSSR count). The highest BCUT2D eigenvalue weighted by molar-refractivity contribution is 5.64. The highest BCUT2D eigenvalue weighted by Crippen LogP contribution is 2.22. The summed E-state index contributed by atoms with van der Waals surface area (Å²) in [5.74, 6) is 0. The third kappa shape index (κ3) is 3.05. The maximum atomic E-state index is 2.36. The summed E-state index contributed by atoms with van der Waals surface area (Å²) in [6.07, 6.45) is 5.75. The van der Waals surface area contributed by atoms with E-state index in [0.717, 1.165) is 12.8 Å². The molecule has 1 aliphatic carbocycles. The second-order valence-electron chi connectivity index (χ2n) is 6.67. The van der Waals surface area contributed by atoms with Crippen LogP contribution in [0.5, 0.6) is 0 Å². The van der Waals surface area contributed by atoms with Crippen LogP contribution >= 0.6 is 0 Å². The molecule has 0 aliphatic heterocycles. The van der Waals surface area contributed by atoms with Gasteiger partial charge >= 0.3 is 0 Å². The van der Waals surface area contributed by atoms with Crippen molar-refractivity contribution in [1.29, 1.82) is 0 Å². The summed E-state index contributed by atoms with van der Waals surface area (Å²) in [4.78, 5) is 0. The van der Waals surface area contributed by atoms with Crippen molar-refractivity contribution in [2.24, 2.45) is 0 Å². The average molecular weight is 310 g/mol. The smallest absolute Gasteiger partial charge is 0.00578 e. The molecule has 0 saturated carbocycles. The van der Waals surface area contributed by atoms with Gasteiger partial charge in [0, 0.05) is 0 Å². The predicted molar refractivity (Wildman–Crippen MR) is 103 cm³/mol. The van der Waals surface area contributed by atoms with E-state index in [4.69, 9.17) is 0 Å². The molecule has 0 saturated heterocycles. The Hall–Kier alpha value is -2.60. The van der Waals surface area contributed by atoms with Gasteiger partial charge in [0.05, 0.1) is 0 Å². The monoisotopic (exact) mass is 310 g/mol. The third-order valence-electron chi connectivity index (χ3n) is 4.91. The fourth-order valence-corrected chi connectivity index (χ4v) is 3.52. The zero-order valence-corrected chi connectivity index (χ0v) is 14.1. The molecule has 0 unspecified atom stereocenters. The van der Waals surface area contributed by atoms with Gasteiger partial charge in [-0.05, 0) is 53.3 Å². The van der Waals surface area contributed by atoms with E-state index in [1.54, 1.807) is 5.57 Å². The first-order chi connectivity index (χ1) is 11.8. The Morgan fingerprint density at radius 2 is 1.42 bits per heavy atom. The van der Waals surface area contributed by atoms with Gasteiger partial charge in [-0.15, -0.1) is 0 Å². The van der Waals surface area contributed by atoms with Crippen LogP contribution in [0.2, 0.25) is 0 Å². The lowest BCUT2D eigenvalue weighted by Gasteiger charge is -2.12. The van der Waals surface area contributed by atoms with Crippen LogP contribution in [0.25, 0.3) is 22.8 Å². The second-order valence-corrected chi connectivity index (χ2v) is 6.67. The van der Waals surface area contributed by atoms with E-state index in [-0.39, 0.29) is 0 Å². The minimum atomic E-state index is 1.05. The Labute approximate surface area is 143 Å². The fraction of sp³-hybridized carbons (Fsp3) is 0.167. The lowest BCUT2D eigenvalue weighted by Crippen LogP contribution is -2.29. The lowest BCUT2D eigenvalue weighted by atomic mass is 9.93. The molecule has 0 amide bonds. The maximum absolute atomic E-state index is 2.36. The first kappa shape index (κ1) is 15.0. The molecule has 3 aromatic carbocycles. The number of benzene rings is 3. The van der Waals surface area contributed by atoms with Crippen LogP contribution in [0, 0.1) is 6.92 Å². The molecule has 3 aromatic rings. The molecule has 0 heterocycles. The predicted octanol–water partition coefficient (Wildman–Crippen LogP) is 4.63. The van der Waals surface area contributed by atoms with E-state index in [1.807, 2.05) is 0 Å². The molecule has 0 spiro atoms. The molecule has 24 heavy (non-hydrogen) atoms. The fourth-order valence-electron chi connectivity index (χ4n) is 3.52. The normalized spacial score (nSPS) is 13.3. The molecule has 118 valence electrons. The van der Waals surface area contributed by atoms with Gasteiger partial charge in [-0.2, -0.15) is 0 Å². The molecular formula is C24H22. The van der Waals surface area contributed by atoms with Crippen LogP contribution in [0.1, 0.15) is 24.0 Å². The van der Waals surface area contributed by atoms with Crippen molar-refractivity contribution >= 4 is 11.6 Å². The van der Waals surface area contributed by atoms with Gasteiger partial charge in [0.2, 0.25) is 0 Å². The van der Waals surface area contributed by atoms with E-state index in [2.05, 4.69) is 85.8 Å². The first-order valence-electron chi connectivity index (χ1n) is 8.73. The maximum Gasteiger partial charge on any atom is -0.00578 e. The van der Waals surface area contributed by atoms with Crippen LogP contribution in [0.4, 0.5) is 0 Å². The van der Waals surface area contributed by atoms with E-state index >= 15 is 0 Å². The summed E-state index contributed by atoms with van der Waals surface area (Å²) < 4.78 is 0. The highest BCUT2D eigenvalue weighted by atomic mass is 14.1. The Morgan fingerprint density at radius 3 is 2.17 bits per heavy atom. The second kappa shape index (κ2) is 6.49. The van der Waals surface area contributed by atoms with Gasteiger partial charge < -0.3 is 0 Å². The number of hydrogen-bond acceptors (Lipinski definition) is 0. The molecule has 0 fully saturated rings. The van der Waals surface area contributed by atoms with Crippen molar-refractivity contribution in [2.75, 3.05) is 0 Å². The van der Waals surface area contributed by atoms with Crippen molar-refractivity contribution in [3.63, 3.8) is 0 Å². The van der Waals surface area contributed by atoms with Crippen molar-refractivity contribution in [2.45, 2.75) is 26.2 Å². The standard InChI is InChI=1S/C24H22/c1-18-9-13-20(14-10-18)21-15-11-19(12-16-21)17-23-7-4-6-22-5-2-3-8-24(22)23/h2-3,5-6,8-16H,4,7,17H2,1H3. The van der Waals surface area contributed by atoms with Crippen molar-refractivity contribution in [3.05, 3.63) is 94.4 Å². The summed E-state index contributed by atoms with van der Waals surface area (Å²) in [7, 11) is 0. The molecule has 0 aromatic heterocycles. The molecule has 0 atom stereocenters. The lowest BCUT2D eigenvalue weighted by molar-refractivity contribution is 1.02. The van der Waals surface area contributed by atoms with Crippen LogP contribution < -0.4 is 10.4 Å². The number of aryl methyl sites for hydroxylation is 1. The van der Waals surface area contributed by atoms with Crippen molar-refractivity contribution in [3.8, 4) is 11.1 Å². The quantitative estimate of drug-likeness (QED) is 0.661. The Kier molecular flexibility index (Phi) is 4.04. The molecule has 0 heteroatoms. The molecule has 0 bridgehead atoms. The summed E-state index contributed by atoms with van der Waals surface area (Å²) in [5.41, 5.74) is 6.85. The summed E-state index contributed by atoms with van der Waals surface area (Å²) in [5, 5.41) is 2.83. The van der Waals surface area contributed by atoms with E-state index in [1.165, 1.54) is 39.1 Å².